The highest BCUT2D eigenvalue weighted by Crippen LogP contribution is 2.19. The SMILES string of the molecule is Cc1ccc(NC(=O)c2cc(Nc3cc(C)cc(C)c3)nc(C)n2)cc1. The highest BCUT2D eigenvalue weighted by atomic mass is 16.1. The fourth-order valence-electron chi connectivity index (χ4n) is 2.77. The molecule has 0 saturated carbocycles. The maximum atomic E-state index is 12.5. The molecule has 0 spiro atoms. The van der Waals surface area contributed by atoms with Gasteiger partial charge < -0.3 is 10.6 Å². The summed E-state index contributed by atoms with van der Waals surface area (Å²) in [5, 5.41) is 6.13. The first-order chi connectivity index (χ1) is 12.4. The monoisotopic (exact) mass is 346 g/mol. The molecule has 0 radical (unpaired) electrons. The molecule has 3 aromatic rings. The summed E-state index contributed by atoms with van der Waals surface area (Å²) < 4.78 is 0. The average molecular weight is 346 g/mol. The third-order valence-corrected chi connectivity index (χ3v) is 3.87. The van der Waals surface area contributed by atoms with Crippen LogP contribution in [-0.2, 0) is 0 Å². The average Bonchev–Trinajstić information content (AvgIpc) is 2.55. The Bertz CT molecular complexity index is 928. The van der Waals surface area contributed by atoms with Gasteiger partial charge in [-0.3, -0.25) is 4.79 Å². The Morgan fingerprint density at radius 2 is 1.42 bits per heavy atom. The van der Waals surface area contributed by atoms with Crippen LogP contribution in [0.3, 0.4) is 0 Å². The van der Waals surface area contributed by atoms with Crippen molar-refractivity contribution in [1.29, 1.82) is 0 Å². The molecule has 0 fully saturated rings. The molecule has 0 unspecified atom stereocenters. The molecule has 26 heavy (non-hydrogen) atoms. The molecule has 2 N–H and O–H groups in total. The van der Waals surface area contributed by atoms with E-state index in [1.54, 1.807) is 13.0 Å². The van der Waals surface area contributed by atoms with Gasteiger partial charge in [0.1, 0.15) is 17.3 Å². The van der Waals surface area contributed by atoms with Gasteiger partial charge in [-0.2, -0.15) is 0 Å². The van der Waals surface area contributed by atoms with Gasteiger partial charge in [0.05, 0.1) is 0 Å². The minimum atomic E-state index is -0.261. The molecule has 0 saturated heterocycles. The van der Waals surface area contributed by atoms with E-state index in [2.05, 4.69) is 26.7 Å². The normalized spacial score (nSPS) is 10.5. The zero-order chi connectivity index (χ0) is 18.7. The van der Waals surface area contributed by atoms with Crippen LogP contribution in [0, 0.1) is 27.7 Å². The Morgan fingerprint density at radius 3 is 2.08 bits per heavy atom. The second-order valence-corrected chi connectivity index (χ2v) is 6.51. The second kappa shape index (κ2) is 7.35. The lowest BCUT2D eigenvalue weighted by molar-refractivity contribution is 0.102. The first kappa shape index (κ1) is 17.6. The van der Waals surface area contributed by atoms with E-state index >= 15 is 0 Å². The number of carbonyl (C=O) groups is 1. The molecule has 0 aliphatic heterocycles. The minimum absolute atomic E-state index is 0.261. The summed E-state index contributed by atoms with van der Waals surface area (Å²) in [5.41, 5.74) is 5.46. The number of hydrogen-bond donors (Lipinski definition) is 2. The number of anilines is 3. The van der Waals surface area contributed by atoms with Gasteiger partial charge in [-0.05, 0) is 63.1 Å². The van der Waals surface area contributed by atoms with Gasteiger partial charge in [0.25, 0.3) is 5.91 Å². The van der Waals surface area contributed by atoms with Crippen LogP contribution < -0.4 is 10.6 Å². The van der Waals surface area contributed by atoms with Crippen molar-refractivity contribution in [2.75, 3.05) is 10.6 Å². The molecule has 5 nitrogen and oxygen atoms in total. The van der Waals surface area contributed by atoms with Crippen LogP contribution in [-0.4, -0.2) is 15.9 Å². The Kier molecular flexibility index (Phi) is 4.98. The summed E-state index contributed by atoms with van der Waals surface area (Å²) in [5.74, 6) is 0.868. The van der Waals surface area contributed by atoms with E-state index in [1.165, 1.54) is 0 Å². The number of rotatable bonds is 4. The molecule has 0 bridgehead atoms. The highest BCUT2D eigenvalue weighted by molar-refractivity contribution is 6.03. The lowest BCUT2D eigenvalue weighted by atomic mass is 10.1. The maximum absolute atomic E-state index is 12.5. The van der Waals surface area contributed by atoms with Crippen LogP contribution in [0.4, 0.5) is 17.2 Å². The van der Waals surface area contributed by atoms with Crippen LogP contribution in [0.2, 0.25) is 0 Å². The summed E-state index contributed by atoms with van der Waals surface area (Å²) in [7, 11) is 0. The van der Waals surface area contributed by atoms with Crippen molar-refractivity contribution in [1.82, 2.24) is 9.97 Å². The van der Waals surface area contributed by atoms with Gasteiger partial charge in [0, 0.05) is 17.4 Å². The van der Waals surface area contributed by atoms with E-state index in [0.717, 1.165) is 28.1 Å². The lowest BCUT2D eigenvalue weighted by Gasteiger charge is -2.10. The number of benzene rings is 2. The van der Waals surface area contributed by atoms with Gasteiger partial charge in [-0.1, -0.05) is 23.8 Å². The zero-order valence-corrected chi connectivity index (χ0v) is 15.4. The Hall–Kier alpha value is -3.21. The van der Waals surface area contributed by atoms with E-state index in [0.29, 0.717) is 17.3 Å². The number of aryl methyl sites for hydroxylation is 4. The molecule has 3 rings (SSSR count). The van der Waals surface area contributed by atoms with Crippen molar-refractivity contribution >= 4 is 23.1 Å². The number of nitrogens with one attached hydrogen (secondary N) is 2. The van der Waals surface area contributed by atoms with Crippen molar-refractivity contribution in [3.05, 3.63) is 76.7 Å². The standard InChI is InChI=1S/C21H22N4O/c1-13-5-7-17(8-6-13)25-21(26)19-12-20(23-16(4)22-19)24-18-10-14(2)9-15(3)11-18/h5-12H,1-4H3,(H,25,26)(H,22,23,24). The number of hydrogen-bond acceptors (Lipinski definition) is 4. The summed E-state index contributed by atoms with van der Waals surface area (Å²) >= 11 is 0. The molecule has 132 valence electrons. The predicted octanol–water partition coefficient (Wildman–Crippen LogP) is 4.71. The van der Waals surface area contributed by atoms with Crippen LogP contribution in [0.5, 0.6) is 0 Å². The van der Waals surface area contributed by atoms with Crippen molar-refractivity contribution in [2.24, 2.45) is 0 Å². The first-order valence-electron chi connectivity index (χ1n) is 8.48. The summed E-state index contributed by atoms with van der Waals surface area (Å²) in [6.45, 7) is 7.87. The summed E-state index contributed by atoms with van der Waals surface area (Å²) in [4.78, 5) is 21.2. The van der Waals surface area contributed by atoms with Crippen molar-refractivity contribution in [3.8, 4) is 0 Å². The topological polar surface area (TPSA) is 66.9 Å². The van der Waals surface area contributed by atoms with E-state index in [-0.39, 0.29) is 5.91 Å². The molecular weight excluding hydrogens is 324 g/mol. The fraction of sp³-hybridized carbons (Fsp3) is 0.190. The van der Waals surface area contributed by atoms with E-state index in [9.17, 15) is 4.79 Å². The van der Waals surface area contributed by atoms with Crippen molar-refractivity contribution in [3.63, 3.8) is 0 Å². The number of carbonyl (C=O) groups excluding carboxylic acids is 1. The fourth-order valence-corrected chi connectivity index (χ4v) is 2.77. The van der Waals surface area contributed by atoms with Crippen molar-refractivity contribution in [2.45, 2.75) is 27.7 Å². The van der Waals surface area contributed by atoms with Gasteiger partial charge in [-0.15, -0.1) is 0 Å². The molecule has 0 aliphatic rings. The smallest absolute Gasteiger partial charge is 0.274 e. The third-order valence-electron chi connectivity index (χ3n) is 3.87. The lowest BCUT2D eigenvalue weighted by Crippen LogP contribution is -2.15. The second-order valence-electron chi connectivity index (χ2n) is 6.51. The molecule has 1 amide bonds. The molecule has 1 heterocycles. The Labute approximate surface area is 153 Å². The molecule has 1 aromatic heterocycles. The molecular formula is C21H22N4O. The van der Waals surface area contributed by atoms with Gasteiger partial charge >= 0.3 is 0 Å². The predicted molar refractivity (Wildman–Crippen MR) is 105 cm³/mol. The Balaban J connectivity index is 1.82. The number of aromatic nitrogens is 2. The zero-order valence-electron chi connectivity index (χ0n) is 15.4. The summed E-state index contributed by atoms with van der Waals surface area (Å²) in [6.07, 6.45) is 0. The first-order valence-corrected chi connectivity index (χ1v) is 8.48. The quantitative estimate of drug-likeness (QED) is 0.718. The van der Waals surface area contributed by atoms with Crippen LogP contribution in [0.15, 0.2) is 48.5 Å². The van der Waals surface area contributed by atoms with Crippen LogP contribution >= 0.6 is 0 Å². The largest absolute Gasteiger partial charge is 0.340 e. The highest BCUT2D eigenvalue weighted by Gasteiger charge is 2.11. The van der Waals surface area contributed by atoms with Crippen LogP contribution in [0.25, 0.3) is 0 Å². The van der Waals surface area contributed by atoms with Crippen molar-refractivity contribution < 1.29 is 4.79 Å². The summed E-state index contributed by atoms with van der Waals surface area (Å²) in [6, 6.07) is 15.5. The molecule has 0 atom stereocenters. The minimum Gasteiger partial charge on any atom is -0.340 e. The number of amides is 1. The van der Waals surface area contributed by atoms with E-state index in [4.69, 9.17) is 0 Å². The number of nitrogens with zero attached hydrogens (tertiary/aromatic N) is 2. The Morgan fingerprint density at radius 1 is 0.769 bits per heavy atom. The van der Waals surface area contributed by atoms with Gasteiger partial charge in [0.15, 0.2) is 0 Å². The van der Waals surface area contributed by atoms with Gasteiger partial charge in [0.2, 0.25) is 0 Å². The third kappa shape index (κ3) is 4.45. The molecule has 0 aliphatic carbocycles. The molecule has 5 heteroatoms. The van der Waals surface area contributed by atoms with E-state index < -0.39 is 0 Å². The van der Waals surface area contributed by atoms with Gasteiger partial charge in [-0.25, -0.2) is 9.97 Å². The van der Waals surface area contributed by atoms with E-state index in [1.807, 2.05) is 57.2 Å². The van der Waals surface area contributed by atoms with Crippen LogP contribution in [0.1, 0.15) is 33.0 Å². The maximum Gasteiger partial charge on any atom is 0.274 e. The molecule has 2 aromatic carbocycles.